The van der Waals surface area contributed by atoms with E-state index < -0.39 is 0 Å². The van der Waals surface area contributed by atoms with E-state index in [0.29, 0.717) is 5.02 Å². The average Bonchev–Trinajstić information content (AvgIpc) is 3.19. The number of hydrazone groups is 1. The molecule has 0 unspecified atom stereocenters. The first kappa shape index (κ1) is 17.1. The zero-order chi connectivity index (χ0) is 19.1. The number of methoxy groups -OCH3 is 1. The van der Waals surface area contributed by atoms with Gasteiger partial charge in [0.1, 0.15) is 11.5 Å². The second-order valence-electron chi connectivity index (χ2n) is 6.94. The van der Waals surface area contributed by atoms with E-state index in [-0.39, 0.29) is 12.3 Å². The molecule has 5 heteroatoms. The normalized spacial score (nSPS) is 20.1. The van der Waals surface area contributed by atoms with Crippen molar-refractivity contribution in [3.63, 3.8) is 0 Å². The minimum absolute atomic E-state index is 0.131. The zero-order valence-corrected chi connectivity index (χ0v) is 16.1. The predicted molar refractivity (Wildman–Crippen MR) is 110 cm³/mol. The van der Waals surface area contributed by atoms with E-state index in [1.807, 2.05) is 54.6 Å². The molecular formula is C23H19ClN2O2. The Hall–Kier alpha value is -2.98. The number of rotatable bonds is 3. The lowest BCUT2D eigenvalue weighted by Crippen LogP contribution is -2.33. The average molecular weight is 391 g/mol. The minimum Gasteiger partial charge on any atom is -0.497 e. The van der Waals surface area contributed by atoms with Gasteiger partial charge in [-0.05, 0) is 48.0 Å². The van der Waals surface area contributed by atoms with E-state index in [2.05, 4.69) is 23.2 Å². The molecule has 0 saturated carbocycles. The van der Waals surface area contributed by atoms with Gasteiger partial charge in [-0.2, -0.15) is 5.10 Å². The molecule has 0 bridgehead atoms. The van der Waals surface area contributed by atoms with Gasteiger partial charge >= 0.3 is 0 Å². The van der Waals surface area contributed by atoms with Crippen LogP contribution < -0.4 is 9.47 Å². The maximum atomic E-state index is 6.35. The van der Waals surface area contributed by atoms with E-state index in [9.17, 15) is 0 Å². The number of hydrogen-bond donors (Lipinski definition) is 0. The maximum Gasteiger partial charge on any atom is 0.213 e. The summed E-state index contributed by atoms with van der Waals surface area (Å²) in [6.45, 7) is 0. The van der Waals surface area contributed by atoms with E-state index >= 15 is 0 Å². The molecule has 0 N–H and O–H groups in total. The highest BCUT2D eigenvalue weighted by Gasteiger charge is 2.40. The smallest absolute Gasteiger partial charge is 0.213 e. The lowest BCUT2D eigenvalue weighted by molar-refractivity contribution is -0.0190. The van der Waals surface area contributed by atoms with Gasteiger partial charge in [0.05, 0.1) is 18.9 Å². The van der Waals surface area contributed by atoms with Crippen LogP contribution in [0.15, 0.2) is 77.9 Å². The van der Waals surface area contributed by atoms with Crippen molar-refractivity contribution >= 4 is 17.3 Å². The molecule has 3 aromatic carbocycles. The van der Waals surface area contributed by atoms with Crippen molar-refractivity contribution in [2.45, 2.75) is 18.7 Å². The molecule has 2 aliphatic heterocycles. The van der Waals surface area contributed by atoms with Crippen molar-refractivity contribution < 1.29 is 9.47 Å². The van der Waals surface area contributed by atoms with Gasteiger partial charge < -0.3 is 9.47 Å². The topological polar surface area (TPSA) is 34.1 Å². The van der Waals surface area contributed by atoms with Gasteiger partial charge in [0.2, 0.25) is 6.23 Å². The molecule has 4 nitrogen and oxygen atoms in total. The van der Waals surface area contributed by atoms with Crippen molar-refractivity contribution in [1.29, 1.82) is 0 Å². The molecule has 0 spiro atoms. The molecule has 2 heterocycles. The third-order valence-corrected chi connectivity index (χ3v) is 5.49. The number of hydrogen-bond acceptors (Lipinski definition) is 4. The number of ether oxygens (including phenoxy) is 2. The number of nitrogens with zero attached hydrogens (tertiary/aromatic N) is 2. The van der Waals surface area contributed by atoms with Crippen LogP contribution in [-0.2, 0) is 0 Å². The Balaban J connectivity index is 1.57. The van der Waals surface area contributed by atoms with Crippen LogP contribution in [0.5, 0.6) is 11.5 Å². The van der Waals surface area contributed by atoms with Crippen molar-refractivity contribution in [2.75, 3.05) is 7.11 Å². The van der Waals surface area contributed by atoms with Gasteiger partial charge in [-0.3, -0.25) is 0 Å². The van der Waals surface area contributed by atoms with Gasteiger partial charge in [0, 0.05) is 22.6 Å². The van der Waals surface area contributed by atoms with Gasteiger partial charge in [0.25, 0.3) is 0 Å². The van der Waals surface area contributed by atoms with Crippen molar-refractivity contribution in [2.24, 2.45) is 5.10 Å². The third kappa shape index (κ3) is 2.90. The first-order valence-electron chi connectivity index (χ1n) is 9.24. The van der Waals surface area contributed by atoms with E-state index in [0.717, 1.165) is 40.3 Å². The highest BCUT2D eigenvalue weighted by atomic mass is 35.5. The van der Waals surface area contributed by atoms with Crippen LogP contribution in [0.3, 0.4) is 0 Å². The highest BCUT2D eigenvalue weighted by molar-refractivity contribution is 6.30. The molecule has 5 rings (SSSR count). The van der Waals surface area contributed by atoms with Crippen LogP contribution in [0.25, 0.3) is 0 Å². The van der Waals surface area contributed by atoms with Crippen molar-refractivity contribution in [3.05, 3.63) is 94.5 Å². The lowest BCUT2D eigenvalue weighted by atomic mass is 9.96. The van der Waals surface area contributed by atoms with Crippen LogP contribution in [-0.4, -0.2) is 17.8 Å². The zero-order valence-electron chi connectivity index (χ0n) is 15.4. The first-order valence-corrected chi connectivity index (χ1v) is 9.62. The molecule has 3 aromatic rings. The molecule has 28 heavy (non-hydrogen) atoms. The van der Waals surface area contributed by atoms with Gasteiger partial charge in [-0.1, -0.05) is 41.9 Å². The molecule has 2 aliphatic rings. The second kappa shape index (κ2) is 6.88. The summed E-state index contributed by atoms with van der Waals surface area (Å²) in [5.74, 6) is 1.74. The summed E-state index contributed by atoms with van der Waals surface area (Å²) in [5.41, 5.74) is 4.29. The second-order valence-corrected chi connectivity index (χ2v) is 7.37. The fraction of sp³-hybridized carbons (Fsp3) is 0.174. The van der Waals surface area contributed by atoms with E-state index in [1.165, 1.54) is 0 Å². The van der Waals surface area contributed by atoms with Gasteiger partial charge in [-0.15, -0.1) is 0 Å². The summed E-state index contributed by atoms with van der Waals surface area (Å²) in [6.07, 6.45) is 0.512. The van der Waals surface area contributed by atoms with E-state index in [4.69, 9.17) is 26.2 Å². The van der Waals surface area contributed by atoms with Gasteiger partial charge in [0.15, 0.2) is 0 Å². The minimum atomic E-state index is -0.311. The monoisotopic (exact) mass is 390 g/mol. The predicted octanol–water partition coefficient (Wildman–Crippen LogP) is 5.59. The molecule has 0 aliphatic carbocycles. The molecular weight excluding hydrogens is 372 g/mol. The Labute approximate surface area is 169 Å². The summed E-state index contributed by atoms with van der Waals surface area (Å²) in [5, 5.41) is 7.72. The molecule has 140 valence electrons. The molecule has 0 aromatic heterocycles. The summed E-state index contributed by atoms with van der Waals surface area (Å²) in [6, 6.07) is 24.2. The number of para-hydroxylation sites is 1. The first-order chi connectivity index (χ1) is 13.7. The number of benzene rings is 3. The third-order valence-electron chi connectivity index (χ3n) is 5.26. The molecule has 0 saturated heterocycles. The Kier molecular flexibility index (Phi) is 4.21. The summed E-state index contributed by atoms with van der Waals surface area (Å²) < 4.78 is 11.6. The summed E-state index contributed by atoms with van der Waals surface area (Å²) >= 11 is 6.24. The van der Waals surface area contributed by atoms with E-state index in [1.54, 1.807) is 7.11 Å². The van der Waals surface area contributed by atoms with Crippen LogP contribution in [0.2, 0.25) is 5.02 Å². The standard InChI is InChI=1S/C23H19ClN2O2/c1-27-18-11-9-15(10-12-18)20-14-21-19-7-2-3-8-22(19)28-23(26(21)25-20)16-5-4-6-17(24)13-16/h2-13,21,23H,14H2,1H3/t21-,23+/m1/s1. The van der Waals surface area contributed by atoms with Crippen molar-refractivity contribution in [3.8, 4) is 11.5 Å². The largest absolute Gasteiger partial charge is 0.497 e. The van der Waals surface area contributed by atoms with Crippen LogP contribution >= 0.6 is 11.6 Å². The maximum absolute atomic E-state index is 6.35. The fourth-order valence-electron chi connectivity index (χ4n) is 3.87. The van der Waals surface area contributed by atoms with Crippen LogP contribution in [0, 0.1) is 0 Å². The number of halogens is 1. The highest BCUT2D eigenvalue weighted by Crippen LogP contribution is 2.47. The van der Waals surface area contributed by atoms with Crippen molar-refractivity contribution in [1.82, 2.24) is 5.01 Å². The summed E-state index contributed by atoms with van der Waals surface area (Å²) in [7, 11) is 1.67. The van der Waals surface area contributed by atoms with Gasteiger partial charge in [-0.25, -0.2) is 5.01 Å². The quantitative estimate of drug-likeness (QED) is 0.584. The summed E-state index contributed by atoms with van der Waals surface area (Å²) in [4.78, 5) is 0. The Morgan fingerprint density at radius 1 is 1.04 bits per heavy atom. The molecule has 2 atom stereocenters. The number of fused-ring (bicyclic) bond motifs is 3. The lowest BCUT2D eigenvalue weighted by Gasteiger charge is -2.38. The van der Waals surface area contributed by atoms with Crippen LogP contribution in [0.4, 0.5) is 0 Å². The Bertz CT molecular complexity index is 1050. The Morgan fingerprint density at radius 3 is 2.64 bits per heavy atom. The van der Waals surface area contributed by atoms with Crippen LogP contribution in [0.1, 0.15) is 35.4 Å². The SMILES string of the molecule is COc1ccc(C2=NN3[C@H](C2)c2ccccc2O[C@H]3c2cccc(Cl)c2)cc1. The molecule has 0 fully saturated rings. The fourth-order valence-corrected chi connectivity index (χ4v) is 4.07. The molecule has 0 radical (unpaired) electrons. The Morgan fingerprint density at radius 2 is 1.86 bits per heavy atom. The molecule has 0 amide bonds.